The molecule has 3 rings (SSSR count). The van der Waals surface area contributed by atoms with Crippen molar-refractivity contribution in [3.05, 3.63) is 51.7 Å². The van der Waals surface area contributed by atoms with Gasteiger partial charge in [0.15, 0.2) is 11.5 Å². The van der Waals surface area contributed by atoms with Crippen molar-refractivity contribution in [3.8, 4) is 17.6 Å². The molecule has 0 radical (unpaired) electrons. The number of benzene rings is 1. The number of methoxy groups -OCH3 is 1. The number of esters is 1. The molecule has 1 aliphatic rings. The van der Waals surface area contributed by atoms with Gasteiger partial charge in [-0.1, -0.05) is 12.1 Å². The van der Waals surface area contributed by atoms with Crippen LogP contribution in [0.2, 0.25) is 0 Å². The van der Waals surface area contributed by atoms with Crippen LogP contribution in [0.4, 0.5) is 0 Å². The normalized spacial score (nSPS) is 16.1. The van der Waals surface area contributed by atoms with Crippen LogP contribution in [0.15, 0.2) is 41.3 Å². The molecule has 1 aromatic heterocycles. The van der Waals surface area contributed by atoms with Gasteiger partial charge in [0.25, 0.3) is 5.91 Å². The van der Waals surface area contributed by atoms with Crippen molar-refractivity contribution in [1.29, 1.82) is 5.26 Å². The Labute approximate surface area is 172 Å². The number of hydrogen-bond donors (Lipinski definition) is 1. The highest BCUT2D eigenvalue weighted by Gasteiger charge is 2.18. The minimum Gasteiger partial charge on any atom is -0.493 e. The zero-order valence-corrected chi connectivity index (χ0v) is 16.7. The number of rotatable bonds is 7. The van der Waals surface area contributed by atoms with E-state index in [1.165, 1.54) is 24.5 Å². The maximum Gasteiger partial charge on any atom is 0.353 e. The van der Waals surface area contributed by atoms with Gasteiger partial charge in [-0.05, 0) is 48.1 Å². The first-order valence-corrected chi connectivity index (χ1v) is 9.94. The first-order chi connectivity index (χ1) is 14.1. The summed E-state index contributed by atoms with van der Waals surface area (Å²) >= 11 is 1.28. The van der Waals surface area contributed by atoms with Gasteiger partial charge in [-0.3, -0.25) is 4.79 Å². The summed E-state index contributed by atoms with van der Waals surface area (Å²) in [4.78, 5) is 24.9. The van der Waals surface area contributed by atoms with Crippen molar-refractivity contribution >= 4 is 29.3 Å². The predicted molar refractivity (Wildman–Crippen MR) is 108 cm³/mol. The number of hydrogen-bond acceptors (Lipinski definition) is 7. The molecular weight excluding hydrogens is 392 g/mol. The van der Waals surface area contributed by atoms with E-state index in [9.17, 15) is 14.9 Å². The highest BCUT2D eigenvalue weighted by Crippen LogP contribution is 2.30. The first-order valence-electron chi connectivity index (χ1n) is 9.06. The standard InChI is InChI=1S/C21H20N2O5S/c1-26-18-11-14(6-7-17(18)28-21(25)19-5-3-9-29-19)10-15(12-22)20(24)23-13-16-4-2-8-27-16/h3,5-7,9-11,16H,2,4,8,13H2,1H3,(H,23,24)/b15-10-/t16-/m1/s1. The van der Waals surface area contributed by atoms with E-state index in [-0.39, 0.29) is 17.4 Å². The Kier molecular flexibility index (Phi) is 7.00. The van der Waals surface area contributed by atoms with E-state index >= 15 is 0 Å². The fourth-order valence-corrected chi connectivity index (χ4v) is 3.42. The van der Waals surface area contributed by atoms with Crippen LogP contribution in [0.3, 0.4) is 0 Å². The molecule has 2 aromatic rings. The SMILES string of the molecule is COc1cc(/C=C(/C#N)C(=O)NC[C@H]2CCCO2)ccc1OC(=O)c1cccs1. The maximum atomic E-state index is 12.3. The van der Waals surface area contributed by atoms with Gasteiger partial charge in [-0.15, -0.1) is 11.3 Å². The number of nitrogens with one attached hydrogen (secondary N) is 1. The number of carbonyl (C=O) groups excluding carboxylic acids is 2. The summed E-state index contributed by atoms with van der Waals surface area (Å²) in [5.74, 6) is -0.368. The number of nitriles is 1. The van der Waals surface area contributed by atoms with Crippen molar-refractivity contribution in [1.82, 2.24) is 5.32 Å². The van der Waals surface area contributed by atoms with Crippen molar-refractivity contribution < 1.29 is 23.8 Å². The zero-order valence-electron chi connectivity index (χ0n) is 15.8. The molecule has 2 heterocycles. The smallest absolute Gasteiger partial charge is 0.353 e. The third-order valence-electron chi connectivity index (χ3n) is 4.30. The molecule has 1 N–H and O–H groups in total. The fourth-order valence-electron chi connectivity index (χ4n) is 2.83. The van der Waals surface area contributed by atoms with Crippen LogP contribution >= 0.6 is 11.3 Å². The van der Waals surface area contributed by atoms with Crippen LogP contribution in [-0.2, 0) is 9.53 Å². The topological polar surface area (TPSA) is 97.7 Å². The molecule has 7 nitrogen and oxygen atoms in total. The van der Waals surface area contributed by atoms with E-state index in [2.05, 4.69) is 5.32 Å². The summed E-state index contributed by atoms with van der Waals surface area (Å²) in [5.41, 5.74) is 0.537. The highest BCUT2D eigenvalue weighted by atomic mass is 32.1. The molecule has 0 bridgehead atoms. The number of ether oxygens (including phenoxy) is 3. The van der Waals surface area contributed by atoms with Gasteiger partial charge in [0.2, 0.25) is 0 Å². The third kappa shape index (κ3) is 5.44. The first kappa shape index (κ1) is 20.6. The van der Waals surface area contributed by atoms with Crippen molar-refractivity contribution in [2.45, 2.75) is 18.9 Å². The molecular formula is C21H20N2O5S. The Balaban J connectivity index is 1.70. The number of thiophene rings is 1. The largest absolute Gasteiger partial charge is 0.493 e. The van der Waals surface area contributed by atoms with Gasteiger partial charge in [-0.25, -0.2) is 4.79 Å². The van der Waals surface area contributed by atoms with Crippen molar-refractivity contribution in [2.75, 3.05) is 20.3 Å². The number of carbonyl (C=O) groups is 2. The summed E-state index contributed by atoms with van der Waals surface area (Å²) in [6.45, 7) is 1.07. The van der Waals surface area contributed by atoms with Crippen LogP contribution in [-0.4, -0.2) is 38.2 Å². The maximum absolute atomic E-state index is 12.3. The van der Waals surface area contributed by atoms with Crippen LogP contribution in [0.5, 0.6) is 11.5 Å². The lowest BCUT2D eigenvalue weighted by Crippen LogP contribution is -2.32. The Morgan fingerprint density at radius 1 is 1.38 bits per heavy atom. The molecule has 0 spiro atoms. The van der Waals surface area contributed by atoms with Gasteiger partial charge in [0, 0.05) is 13.2 Å². The summed E-state index contributed by atoms with van der Waals surface area (Å²) < 4.78 is 16.1. The molecule has 150 valence electrons. The van der Waals surface area contributed by atoms with Gasteiger partial charge in [-0.2, -0.15) is 5.26 Å². The molecule has 1 fully saturated rings. The van der Waals surface area contributed by atoms with Crippen LogP contribution in [0.1, 0.15) is 28.1 Å². The number of nitrogens with zero attached hydrogens (tertiary/aromatic N) is 1. The fraction of sp³-hybridized carbons (Fsp3) is 0.286. The molecule has 8 heteroatoms. The van der Waals surface area contributed by atoms with Gasteiger partial charge < -0.3 is 19.5 Å². The Morgan fingerprint density at radius 3 is 2.90 bits per heavy atom. The molecule has 1 aromatic carbocycles. The molecule has 0 saturated carbocycles. The average Bonchev–Trinajstić information content (AvgIpc) is 3.45. The monoisotopic (exact) mass is 412 g/mol. The lowest BCUT2D eigenvalue weighted by Gasteiger charge is -2.11. The van der Waals surface area contributed by atoms with E-state index in [0.29, 0.717) is 29.3 Å². The third-order valence-corrected chi connectivity index (χ3v) is 5.15. The minimum atomic E-state index is -0.479. The highest BCUT2D eigenvalue weighted by molar-refractivity contribution is 7.12. The van der Waals surface area contributed by atoms with Gasteiger partial charge in [0.1, 0.15) is 16.5 Å². The predicted octanol–water partition coefficient (Wildman–Crippen LogP) is 3.18. The quantitative estimate of drug-likeness (QED) is 0.325. The van der Waals surface area contributed by atoms with E-state index in [1.807, 2.05) is 6.07 Å². The van der Waals surface area contributed by atoms with Gasteiger partial charge >= 0.3 is 5.97 Å². The Morgan fingerprint density at radius 2 is 2.24 bits per heavy atom. The molecule has 1 aliphatic heterocycles. The van der Waals surface area contributed by atoms with Gasteiger partial charge in [0.05, 0.1) is 13.2 Å². The molecule has 1 amide bonds. The van der Waals surface area contributed by atoms with Crippen LogP contribution in [0.25, 0.3) is 6.08 Å². The van der Waals surface area contributed by atoms with E-state index in [1.54, 1.807) is 35.7 Å². The summed E-state index contributed by atoms with van der Waals surface area (Å²) in [7, 11) is 1.45. The Bertz CT molecular complexity index is 940. The second kappa shape index (κ2) is 9.87. The van der Waals surface area contributed by atoms with Crippen molar-refractivity contribution in [3.63, 3.8) is 0 Å². The van der Waals surface area contributed by atoms with E-state index in [0.717, 1.165) is 12.8 Å². The second-order valence-corrected chi connectivity index (χ2v) is 7.24. The van der Waals surface area contributed by atoms with E-state index < -0.39 is 11.9 Å². The molecule has 1 atom stereocenters. The lowest BCUT2D eigenvalue weighted by molar-refractivity contribution is -0.117. The molecule has 29 heavy (non-hydrogen) atoms. The van der Waals surface area contributed by atoms with Crippen molar-refractivity contribution in [2.24, 2.45) is 0 Å². The zero-order chi connectivity index (χ0) is 20.6. The lowest BCUT2D eigenvalue weighted by atomic mass is 10.1. The van der Waals surface area contributed by atoms with E-state index in [4.69, 9.17) is 14.2 Å². The number of amides is 1. The molecule has 0 aliphatic carbocycles. The van der Waals surface area contributed by atoms with Crippen LogP contribution < -0.4 is 14.8 Å². The second-order valence-electron chi connectivity index (χ2n) is 6.29. The summed E-state index contributed by atoms with van der Waals surface area (Å²) in [5, 5.41) is 13.9. The summed E-state index contributed by atoms with van der Waals surface area (Å²) in [6, 6.07) is 10.2. The minimum absolute atomic E-state index is 0.00342. The molecule has 0 unspecified atom stereocenters. The molecule has 1 saturated heterocycles. The average molecular weight is 412 g/mol. The summed E-state index contributed by atoms with van der Waals surface area (Å²) in [6.07, 6.45) is 3.33. The van der Waals surface area contributed by atoms with Crippen LogP contribution in [0, 0.1) is 11.3 Å². The Hall–Kier alpha value is -3.15.